The van der Waals surface area contributed by atoms with Crippen molar-refractivity contribution in [3.05, 3.63) is 47.4 Å². The third-order valence-electron chi connectivity index (χ3n) is 1.93. The number of rotatable bonds is 2. The average Bonchev–Trinajstić information content (AvgIpc) is 2.67. The predicted octanol–water partition coefficient (Wildman–Crippen LogP) is 4.14. The zero-order chi connectivity index (χ0) is 10.7. The van der Waals surface area contributed by atoms with Crippen LogP contribution in [0, 0.1) is 0 Å². The summed E-state index contributed by atoms with van der Waals surface area (Å²) in [5, 5.41) is 1.94. The topological polar surface area (TPSA) is 12.9 Å². The Hall–Kier alpha value is -1.48. The molecular formula is C12H10FNS. The summed E-state index contributed by atoms with van der Waals surface area (Å²) in [7, 11) is 0. The summed E-state index contributed by atoms with van der Waals surface area (Å²) in [6.45, 7) is 1.45. The number of nitrogens with zero attached hydrogens (tertiary/aromatic N) is 1. The Morgan fingerprint density at radius 3 is 3.07 bits per heavy atom. The fraction of sp³-hybridized carbons (Fsp3) is 0.0833. The molecule has 0 aliphatic carbocycles. The summed E-state index contributed by atoms with van der Waals surface area (Å²) in [4.78, 5) is 5.16. The number of allylic oxidation sites excluding steroid dienone is 1. The molecule has 0 radical (unpaired) electrons. The van der Waals surface area contributed by atoms with Crippen molar-refractivity contribution in [2.45, 2.75) is 6.92 Å². The lowest BCUT2D eigenvalue weighted by molar-refractivity contribution is 0.648. The van der Waals surface area contributed by atoms with Gasteiger partial charge in [-0.2, -0.15) is 0 Å². The molecule has 0 aliphatic heterocycles. The molecule has 0 saturated heterocycles. The van der Waals surface area contributed by atoms with Crippen LogP contribution < -0.4 is 0 Å². The van der Waals surface area contributed by atoms with Crippen LogP contribution in [0.25, 0.3) is 16.5 Å². The Kier molecular flexibility index (Phi) is 2.92. The van der Waals surface area contributed by atoms with Crippen LogP contribution in [0.15, 0.2) is 41.8 Å². The van der Waals surface area contributed by atoms with Gasteiger partial charge in [-0.25, -0.2) is 4.39 Å². The lowest BCUT2D eigenvalue weighted by Gasteiger charge is -1.93. The standard InChI is InChI=1S/C12H10FNS/c1-9(13)5-10-6-12(15-8-10)11-3-2-4-14-7-11/h2-8H,1H3/b9-5+. The smallest absolute Gasteiger partial charge is 0.0974 e. The highest BCUT2D eigenvalue weighted by Gasteiger charge is 2.00. The fourth-order valence-electron chi connectivity index (χ4n) is 1.32. The van der Waals surface area contributed by atoms with E-state index >= 15 is 0 Å². The maximum Gasteiger partial charge on any atom is 0.0974 e. The maximum atomic E-state index is 12.7. The SMILES string of the molecule is C/C(F)=C\c1csc(-c2cccnc2)c1. The third kappa shape index (κ3) is 2.50. The molecule has 15 heavy (non-hydrogen) atoms. The van der Waals surface area contributed by atoms with Crippen LogP contribution in [-0.2, 0) is 0 Å². The summed E-state index contributed by atoms with van der Waals surface area (Å²) < 4.78 is 12.7. The maximum absolute atomic E-state index is 12.7. The van der Waals surface area contributed by atoms with Gasteiger partial charge in [0.2, 0.25) is 0 Å². The van der Waals surface area contributed by atoms with Gasteiger partial charge in [-0.05, 0) is 36.1 Å². The zero-order valence-corrected chi connectivity index (χ0v) is 9.09. The second-order valence-corrected chi connectivity index (χ2v) is 4.13. The van der Waals surface area contributed by atoms with E-state index < -0.39 is 0 Å². The van der Waals surface area contributed by atoms with Gasteiger partial charge in [-0.3, -0.25) is 4.98 Å². The van der Waals surface area contributed by atoms with E-state index in [4.69, 9.17) is 0 Å². The molecule has 0 fully saturated rings. The van der Waals surface area contributed by atoms with Crippen LogP contribution in [0.3, 0.4) is 0 Å². The molecule has 3 heteroatoms. The Morgan fingerprint density at radius 2 is 2.40 bits per heavy atom. The first-order chi connectivity index (χ1) is 7.25. The van der Waals surface area contributed by atoms with Gasteiger partial charge in [0.15, 0.2) is 0 Å². The Morgan fingerprint density at radius 1 is 1.53 bits per heavy atom. The van der Waals surface area contributed by atoms with E-state index in [1.807, 2.05) is 29.8 Å². The largest absolute Gasteiger partial charge is 0.264 e. The van der Waals surface area contributed by atoms with E-state index in [-0.39, 0.29) is 5.83 Å². The summed E-state index contributed by atoms with van der Waals surface area (Å²) in [6, 6.07) is 5.85. The molecule has 2 aromatic heterocycles. The van der Waals surface area contributed by atoms with Crippen LogP contribution in [0.1, 0.15) is 12.5 Å². The quantitative estimate of drug-likeness (QED) is 0.739. The minimum atomic E-state index is -0.175. The third-order valence-corrected chi connectivity index (χ3v) is 2.93. The van der Waals surface area contributed by atoms with Gasteiger partial charge in [0, 0.05) is 22.8 Å². The molecule has 0 N–H and O–H groups in total. The van der Waals surface area contributed by atoms with Crippen LogP contribution in [-0.4, -0.2) is 4.98 Å². The van der Waals surface area contributed by atoms with Crippen molar-refractivity contribution in [3.63, 3.8) is 0 Å². The minimum absolute atomic E-state index is 0.175. The van der Waals surface area contributed by atoms with Gasteiger partial charge in [-0.1, -0.05) is 6.07 Å². The predicted molar refractivity (Wildman–Crippen MR) is 62.3 cm³/mol. The summed E-state index contributed by atoms with van der Waals surface area (Å²) in [5.74, 6) is -0.175. The monoisotopic (exact) mass is 219 g/mol. The highest BCUT2D eigenvalue weighted by molar-refractivity contribution is 7.13. The first-order valence-corrected chi connectivity index (χ1v) is 5.46. The van der Waals surface area contributed by atoms with Crippen molar-refractivity contribution in [2.75, 3.05) is 0 Å². The molecule has 0 saturated carbocycles. The molecule has 76 valence electrons. The van der Waals surface area contributed by atoms with E-state index in [2.05, 4.69) is 4.98 Å². The second kappa shape index (κ2) is 4.36. The van der Waals surface area contributed by atoms with Crippen molar-refractivity contribution in [1.82, 2.24) is 4.98 Å². The molecule has 0 aromatic carbocycles. The van der Waals surface area contributed by atoms with Crippen molar-refractivity contribution in [1.29, 1.82) is 0 Å². The minimum Gasteiger partial charge on any atom is -0.264 e. The van der Waals surface area contributed by atoms with Gasteiger partial charge in [0.05, 0.1) is 5.83 Å². The van der Waals surface area contributed by atoms with Crippen molar-refractivity contribution in [2.24, 2.45) is 0 Å². The van der Waals surface area contributed by atoms with Crippen molar-refractivity contribution >= 4 is 17.4 Å². The van der Waals surface area contributed by atoms with Gasteiger partial charge in [-0.15, -0.1) is 11.3 Å². The number of hydrogen-bond donors (Lipinski definition) is 0. The van der Waals surface area contributed by atoms with Crippen molar-refractivity contribution in [3.8, 4) is 10.4 Å². The average molecular weight is 219 g/mol. The van der Waals surface area contributed by atoms with E-state index in [0.717, 1.165) is 16.0 Å². The molecule has 2 heterocycles. The zero-order valence-electron chi connectivity index (χ0n) is 8.27. The van der Waals surface area contributed by atoms with E-state index in [9.17, 15) is 4.39 Å². The fourth-order valence-corrected chi connectivity index (χ4v) is 2.18. The van der Waals surface area contributed by atoms with Crippen LogP contribution in [0.5, 0.6) is 0 Å². The molecule has 2 rings (SSSR count). The highest BCUT2D eigenvalue weighted by atomic mass is 32.1. The van der Waals surface area contributed by atoms with E-state index in [1.54, 1.807) is 17.5 Å². The van der Waals surface area contributed by atoms with Gasteiger partial charge in [0.25, 0.3) is 0 Å². The number of thiophene rings is 1. The Labute approximate surface area is 91.9 Å². The van der Waals surface area contributed by atoms with Crippen molar-refractivity contribution < 1.29 is 4.39 Å². The van der Waals surface area contributed by atoms with E-state index in [1.165, 1.54) is 13.0 Å². The summed E-state index contributed by atoms with van der Waals surface area (Å²) >= 11 is 1.59. The molecule has 2 aromatic rings. The van der Waals surface area contributed by atoms with E-state index in [0.29, 0.717) is 0 Å². The van der Waals surface area contributed by atoms with Crippen LogP contribution in [0.2, 0.25) is 0 Å². The molecule has 0 unspecified atom stereocenters. The number of pyridine rings is 1. The van der Waals surface area contributed by atoms with Gasteiger partial charge >= 0.3 is 0 Å². The Bertz CT molecular complexity index is 469. The van der Waals surface area contributed by atoms with Crippen LogP contribution >= 0.6 is 11.3 Å². The summed E-state index contributed by atoms with van der Waals surface area (Å²) in [6.07, 6.45) is 5.07. The second-order valence-electron chi connectivity index (χ2n) is 3.22. The first-order valence-electron chi connectivity index (χ1n) is 4.58. The normalized spacial score (nSPS) is 11.7. The molecular weight excluding hydrogens is 209 g/mol. The molecule has 0 amide bonds. The highest BCUT2D eigenvalue weighted by Crippen LogP contribution is 2.27. The van der Waals surface area contributed by atoms with Gasteiger partial charge < -0.3 is 0 Å². The van der Waals surface area contributed by atoms with Gasteiger partial charge in [0.1, 0.15) is 0 Å². The first kappa shape index (κ1) is 10.1. The molecule has 0 atom stereocenters. The van der Waals surface area contributed by atoms with Crippen LogP contribution in [0.4, 0.5) is 4.39 Å². The lowest BCUT2D eigenvalue weighted by Crippen LogP contribution is -1.73. The molecule has 0 spiro atoms. The molecule has 0 bridgehead atoms. The number of halogens is 1. The number of aromatic nitrogens is 1. The molecule has 0 aliphatic rings. The Balaban J connectivity index is 2.32. The number of hydrogen-bond acceptors (Lipinski definition) is 2. The molecule has 1 nitrogen and oxygen atoms in total. The summed E-state index contributed by atoms with van der Waals surface area (Å²) in [5.41, 5.74) is 1.97. The lowest BCUT2D eigenvalue weighted by atomic mass is 10.2.